The highest BCUT2D eigenvalue weighted by atomic mass is 16.5. The molecule has 0 aliphatic heterocycles. The Kier molecular flexibility index (Phi) is 4.64. The number of aryl methyl sites for hydroxylation is 1. The third-order valence-electron chi connectivity index (χ3n) is 2.39. The highest BCUT2D eigenvalue weighted by Gasteiger charge is 2.05. The molecule has 0 heterocycles. The number of rotatable bonds is 5. The molecule has 0 aliphatic carbocycles. The van der Waals surface area contributed by atoms with Crippen LogP contribution in [0.2, 0.25) is 0 Å². The lowest BCUT2D eigenvalue weighted by Crippen LogP contribution is -2.17. The number of aromatic hydroxyl groups is 1. The van der Waals surface area contributed by atoms with Crippen molar-refractivity contribution in [1.29, 1.82) is 0 Å². The van der Waals surface area contributed by atoms with E-state index in [1.807, 2.05) is 0 Å². The van der Waals surface area contributed by atoms with Gasteiger partial charge in [0.15, 0.2) is 0 Å². The average molecular weight is 223 g/mol. The lowest BCUT2D eigenvalue weighted by atomic mass is 10.1. The second-order valence-corrected chi connectivity index (χ2v) is 3.52. The molecule has 1 aromatic carbocycles. The number of amides is 1. The molecule has 0 aliphatic rings. The lowest BCUT2D eigenvalue weighted by Gasteiger charge is -2.08. The van der Waals surface area contributed by atoms with Crippen LogP contribution in [0, 0.1) is 0 Å². The fraction of sp³-hybridized carbons (Fsp3) is 0.417. The number of benzene rings is 1. The van der Waals surface area contributed by atoms with E-state index in [-0.39, 0.29) is 11.7 Å². The molecule has 0 radical (unpaired) electrons. The number of methoxy groups -OCH3 is 1. The monoisotopic (exact) mass is 223 g/mol. The first-order chi connectivity index (χ1) is 7.67. The molecule has 0 bridgehead atoms. The number of ether oxygens (including phenoxy) is 1. The first kappa shape index (κ1) is 12.4. The van der Waals surface area contributed by atoms with Gasteiger partial charge >= 0.3 is 0 Å². The summed E-state index contributed by atoms with van der Waals surface area (Å²) in [6.07, 6.45) is 1.93. The molecule has 0 saturated carbocycles. The molecule has 88 valence electrons. The van der Waals surface area contributed by atoms with Gasteiger partial charge in [0.05, 0.1) is 7.11 Å². The van der Waals surface area contributed by atoms with Gasteiger partial charge in [-0.1, -0.05) is 0 Å². The number of carbonyl (C=O) groups is 1. The molecule has 1 rings (SSSR count). The van der Waals surface area contributed by atoms with Crippen molar-refractivity contribution in [2.45, 2.75) is 19.3 Å². The van der Waals surface area contributed by atoms with Crippen molar-refractivity contribution in [3.63, 3.8) is 0 Å². The molecule has 1 aromatic rings. The van der Waals surface area contributed by atoms with Crippen LogP contribution < -0.4 is 10.1 Å². The Morgan fingerprint density at radius 3 is 2.88 bits per heavy atom. The molecule has 2 N–H and O–H groups in total. The zero-order valence-electron chi connectivity index (χ0n) is 9.62. The fourth-order valence-corrected chi connectivity index (χ4v) is 1.52. The van der Waals surface area contributed by atoms with Crippen molar-refractivity contribution in [1.82, 2.24) is 5.32 Å². The van der Waals surface area contributed by atoms with Gasteiger partial charge < -0.3 is 15.2 Å². The smallest absolute Gasteiger partial charge is 0.219 e. The second-order valence-electron chi connectivity index (χ2n) is 3.52. The molecule has 4 heteroatoms. The molecule has 0 fully saturated rings. The Balaban J connectivity index is 2.58. The second kappa shape index (κ2) is 6.00. The standard InChI is InChI=1S/C12H17NO3/c1-13-12(15)5-3-4-9-8-10(14)6-7-11(9)16-2/h6-8,14H,3-5H2,1-2H3,(H,13,15). The van der Waals surface area contributed by atoms with E-state index < -0.39 is 0 Å². The zero-order chi connectivity index (χ0) is 12.0. The van der Waals surface area contributed by atoms with Crippen LogP contribution in [0.25, 0.3) is 0 Å². The van der Waals surface area contributed by atoms with Crippen LogP contribution >= 0.6 is 0 Å². The van der Waals surface area contributed by atoms with Crippen molar-refractivity contribution in [3.8, 4) is 11.5 Å². The summed E-state index contributed by atoms with van der Waals surface area (Å²) >= 11 is 0. The predicted octanol–water partition coefficient (Wildman–Crippen LogP) is 1.47. The maximum absolute atomic E-state index is 11.0. The Labute approximate surface area is 95.2 Å². The third-order valence-corrected chi connectivity index (χ3v) is 2.39. The van der Waals surface area contributed by atoms with E-state index in [0.717, 1.165) is 17.7 Å². The van der Waals surface area contributed by atoms with Crippen LogP contribution in [-0.4, -0.2) is 25.2 Å². The third kappa shape index (κ3) is 3.46. The summed E-state index contributed by atoms with van der Waals surface area (Å²) < 4.78 is 5.17. The van der Waals surface area contributed by atoms with Gasteiger partial charge in [0, 0.05) is 13.5 Å². The van der Waals surface area contributed by atoms with E-state index in [2.05, 4.69) is 5.32 Å². The van der Waals surface area contributed by atoms with Crippen molar-refractivity contribution in [2.75, 3.05) is 14.2 Å². The zero-order valence-corrected chi connectivity index (χ0v) is 9.62. The molecule has 0 spiro atoms. The quantitative estimate of drug-likeness (QED) is 0.794. The summed E-state index contributed by atoms with van der Waals surface area (Å²) in [5.74, 6) is 0.990. The molecular weight excluding hydrogens is 206 g/mol. The van der Waals surface area contributed by atoms with E-state index in [9.17, 15) is 9.90 Å². The van der Waals surface area contributed by atoms with Crippen LogP contribution in [0.5, 0.6) is 11.5 Å². The highest BCUT2D eigenvalue weighted by Crippen LogP contribution is 2.24. The minimum atomic E-state index is 0.0270. The van der Waals surface area contributed by atoms with Crippen molar-refractivity contribution < 1.29 is 14.6 Å². The average Bonchev–Trinajstić information content (AvgIpc) is 2.29. The van der Waals surface area contributed by atoms with Gasteiger partial charge in [-0.3, -0.25) is 4.79 Å². The minimum Gasteiger partial charge on any atom is -0.508 e. The minimum absolute atomic E-state index is 0.0270. The van der Waals surface area contributed by atoms with E-state index in [1.165, 1.54) is 0 Å². The van der Waals surface area contributed by atoms with Crippen molar-refractivity contribution >= 4 is 5.91 Å². The molecule has 16 heavy (non-hydrogen) atoms. The van der Waals surface area contributed by atoms with Crippen LogP contribution in [0.3, 0.4) is 0 Å². The van der Waals surface area contributed by atoms with E-state index in [4.69, 9.17) is 4.74 Å². The van der Waals surface area contributed by atoms with E-state index >= 15 is 0 Å². The van der Waals surface area contributed by atoms with Crippen LogP contribution in [0.4, 0.5) is 0 Å². The fourth-order valence-electron chi connectivity index (χ4n) is 1.52. The molecule has 4 nitrogen and oxygen atoms in total. The maximum Gasteiger partial charge on any atom is 0.219 e. The largest absolute Gasteiger partial charge is 0.508 e. The van der Waals surface area contributed by atoms with E-state index in [0.29, 0.717) is 12.8 Å². The van der Waals surface area contributed by atoms with Crippen LogP contribution in [0.1, 0.15) is 18.4 Å². The number of carbonyl (C=O) groups excluding carboxylic acids is 1. The Hall–Kier alpha value is -1.71. The summed E-state index contributed by atoms with van der Waals surface area (Å²) in [7, 11) is 3.21. The van der Waals surface area contributed by atoms with Crippen LogP contribution in [0.15, 0.2) is 18.2 Å². The van der Waals surface area contributed by atoms with Crippen molar-refractivity contribution in [2.24, 2.45) is 0 Å². The molecular formula is C12H17NO3. The van der Waals surface area contributed by atoms with Gasteiger partial charge in [-0.15, -0.1) is 0 Å². The Morgan fingerprint density at radius 1 is 1.50 bits per heavy atom. The molecule has 0 aromatic heterocycles. The number of hydrogen-bond acceptors (Lipinski definition) is 3. The molecule has 0 atom stereocenters. The topological polar surface area (TPSA) is 58.6 Å². The molecule has 1 amide bonds. The number of phenolic OH excluding ortho intramolecular Hbond substituents is 1. The predicted molar refractivity (Wildman–Crippen MR) is 61.7 cm³/mol. The number of hydrogen-bond donors (Lipinski definition) is 2. The first-order valence-electron chi connectivity index (χ1n) is 5.24. The van der Waals surface area contributed by atoms with Gasteiger partial charge in [0.2, 0.25) is 5.91 Å². The lowest BCUT2D eigenvalue weighted by molar-refractivity contribution is -0.120. The summed E-state index contributed by atoms with van der Waals surface area (Å²) in [4.78, 5) is 11.0. The summed E-state index contributed by atoms with van der Waals surface area (Å²) in [6.45, 7) is 0. The number of nitrogens with one attached hydrogen (secondary N) is 1. The van der Waals surface area contributed by atoms with Gasteiger partial charge in [0.1, 0.15) is 11.5 Å². The van der Waals surface area contributed by atoms with Gasteiger partial charge in [-0.2, -0.15) is 0 Å². The summed E-state index contributed by atoms with van der Waals surface area (Å²) in [6, 6.07) is 4.98. The Bertz CT molecular complexity index is 363. The van der Waals surface area contributed by atoms with Gasteiger partial charge in [-0.25, -0.2) is 0 Å². The van der Waals surface area contributed by atoms with Gasteiger partial charge in [-0.05, 0) is 36.6 Å². The molecule has 0 unspecified atom stereocenters. The Morgan fingerprint density at radius 2 is 2.25 bits per heavy atom. The van der Waals surface area contributed by atoms with E-state index in [1.54, 1.807) is 32.4 Å². The SMILES string of the molecule is CNC(=O)CCCc1cc(O)ccc1OC. The maximum atomic E-state index is 11.0. The van der Waals surface area contributed by atoms with Crippen LogP contribution in [-0.2, 0) is 11.2 Å². The highest BCUT2D eigenvalue weighted by molar-refractivity contribution is 5.75. The van der Waals surface area contributed by atoms with Gasteiger partial charge in [0.25, 0.3) is 0 Å². The normalized spacial score (nSPS) is 9.88. The number of phenols is 1. The molecule has 0 saturated heterocycles. The summed E-state index contributed by atoms with van der Waals surface area (Å²) in [5, 5.41) is 11.9. The first-order valence-corrected chi connectivity index (χ1v) is 5.24. The summed E-state index contributed by atoms with van der Waals surface area (Å²) in [5.41, 5.74) is 0.923. The van der Waals surface area contributed by atoms with Crippen molar-refractivity contribution in [3.05, 3.63) is 23.8 Å².